The van der Waals surface area contributed by atoms with Gasteiger partial charge in [0.1, 0.15) is 11.3 Å². The molecule has 5 N–H and O–H groups in total. The van der Waals surface area contributed by atoms with E-state index in [4.69, 9.17) is 10.5 Å². The average molecular weight is 315 g/mol. The van der Waals surface area contributed by atoms with E-state index in [2.05, 4.69) is 20.7 Å². The summed E-state index contributed by atoms with van der Waals surface area (Å²) >= 11 is 0. The number of nitrogens with two attached hydrogens (primary N) is 2. The van der Waals surface area contributed by atoms with Crippen molar-refractivity contribution >= 4 is 17.0 Å². The number of pyridine rings is 1. The van der Waals surface area contributed by atoms with Crippen LogP contribution < -0.4 is 21.8 Å². The van der Waals surface area contributed by atoms with Crippen LogP contribution >= 0.6 is 0 Å². The van der Waals surface area contributed by atoms with Crippen LogP contribution in [0.3, 0.4) is 0 Å². The number of H-pyrrole nitrogens is 1. The topological polar surface area (TPSA) is 120 Å². The van der Waals surface area contributed by atoms with Gasteiger partial charge in [-0.15, -0.1) is 0 Å². The molecule has 7 nitrogen and oxygen atoms in total. The van der Waals surface area contributed by atoms with Crippen molar-refractivity contribution in [3.05, 3.63) is 52.9 Å². The van der Waals surface area contributed by atoms with Gasteiger partial charge in [0.05, 0.1) is 0 Å². The van der Waals surface area contributed by atoms with Crippen molar-refractivity contribution in [1.82, 2.24) is 15.0 Å². The summed E-state index contributed by atoms with van der Waals surface area (Å²) in [6.07, 6.45) is 1.55. The fraction of sp³-hybridized carbons (Fsp3) is 0.188. The largest absolute Gasteiger partial charge is 0.455 e. The molecule has 3 aromatic rings. The average Bonchev–Trinajstić information content (AvgIpc) is 2.61. The molecule has 3 rings (SSSR count). The highest BCUT2D eigenvalue weighted by atomic mass is 16.5. The third kappa shape index (κ3) is 4.52. The number of para-hydroxylation sites is 1. The van der Waals surface area contributed by atoms with Crippen LogP contribution in [0.4, 0.5) is 5.82 Å². The van der Waals surface area contributed by atoms with E-state index in [1.807, 2.05) is 44.2 Å². The zero-order valence-electron chi connectivity index (χ0n) is 13.4. The Hall–Kier alpha value is -2.93. The number of aromatic nitrogens is 3. The van der Waals surface area contributed by atoms with Crippen LogP contribution in [0.2, 0.25) is 0 Å². The van der Waals surface area contributed by atoms with E-state index in [-0.39, 0.29) is 5.82 Å². The van der Waals surface area contributed by atoms with Gasteiger partial charge < -0.3 is 21.2 Å². The fourth-order valence-corrected chi connectivity index (χ4v) is 1.68. The highest BCUT2D eigenvalue weighted by Crippen LogP contribution is 2.25. The minimum absolute atomic E-state index is 0.114. The molecule has 122 valence electrons. The minimum atomic E-state index is -0.460. The SMILES string of the molecule is CC.CN.Nc1nc2nccc(Oc3ccccc3)c2[nH]c1=O. The Balaban J connectivity index is 0.000000615. The lowest BCUT2D eigenvalue weighted by atomic mass is 10.3. The summed E-state index contributed by atoms with van der Waals surface area (Å²) in [6.45, 7) is 4.00. The van der Waals surface area contributed by atoms with Gasteiger partial charge in [0, 0.05) is 12.3 Å². The second kappa shape index (κ2) is 9.16. The van der Waals surface area contributed by atoms with E-state index < -0.39 is 5.56 Å². The number of hydrogen-bond donors (Lipinski definition) is 3. The van der Waals surface area contributed by atoms with Crippen molar-refractivity contribution in [3.8, 4) is 11.5 Å². The van der Waals surface area contributed by atoms with Gasteiger partial charge in [-0.25, -0.2) is 9.97 Å². The van der Waals surface area contributed by atoms with Crippen LogP contribution in [-0.2, 0) is 0 Å². The van der Waals surface area contributed by atoms with Crippen molar-refractivity contribution in [2.24, 2.45) is 5.73 Å². The summed E-state index contributed by atoms with van der Waals surface area (Å²) < 4.78 is 5.70. The van der Waals surface area contributed by atoms with Crippen LogP contribution in [0.1, 0.15) is 13.8 Å². The molecule has 23 heavy (non-hydrogen) atoms. The quantitative estimate of drug-likeness (QED) is 0.667. The number of nitrogens with zero attached hydrogens (tertiary/aromatic N) is 2. The van der Waals surface area contributed by atoms with Gasteiger partial charge in [0.2, 0.25) is 0 Å². The van der Waals surface area contributed by atoms with Crippen molar-refractivity contribution < 1.29 is 4.74 Å². The molecular weight excluding hydrogens is 294 g/mol. The van der Waals surface area contributed by atoms with E-state index >= 15 is 0 Å². The first-order chi connectivity index (χ1) is 11.2. The first kappa shape index (κ1) is 18.1. The number of nitrogen functional groups attached to an aromatic ring is 1. The number of benzene rings is 1. The smallest absolute Gasteiger partial charge is 0.291 e. The lowest BCUT2D eigenvalue weighted by Gasteiger charge is -2.07. The summed E-state index contributed by atoms with van der Waals surface area (Å²) in [5, 5.41) is 0. The highest BCUT2D eigenvalue weighted by molar-refractivity contribution is 5.78. The zero-order chi connectivity index (χ0) is 17.2. The maximum Gasteiger partial charge on any atom is 0.291 e. The molecule has 0 saturated carbocycles. The van der Waals surface area contributed by atoms with Crippen LogP contribution in [-0.4, -0.2) is 22.0 Å². The second-order valence-electron chi connectivity index (χ2n) is 3.87. The predicted octanol–water partition coefficient (Wildman–Crippen LogP) is 2.29. The summed E-state index contributed by atoms with van der Waals surface area (Å²) in [6, 6.07) is 10.9. The number of aromatic amines is 1. The molecule has 0 fully saturated rings. The van der Waals surface area contributed by atoms with Crippen LogP contribution in [0.15, 0.2) is 47.4 Å². The molecule has 0 unspecified atom stereocenters. The molecule has 0 aliphatic rings. The van der Waals surface area contributed by atoms with Gasteiger partial charge in [-0.05, 0) is 19.2 Å². The zero-order valence-corrected chi connectivity index (χ0v) is 13.4. The third-order valence-corrected chi connectivity index (χ3v) is 2.56. The maximum absolute atomic E-state index is 11.5. The Morgan fingerprint density at radius 3 is 2.39 bits per heavy atom. The van der Waals surface area contributed by atoms with Gasteiger partial charge >= 0.3 is 0 Å². The van der Waals surface area contributed by atoms with E-state index in [1.165, 1.54) is 7.05 Å². The van der Waals surface area contributed by atoms with Gasteiger partial charge in [0.25, 0.3) is 5.56 Å². The molecule has 0 aliphatic heterocycles. The van der Waals surface area contributed by atoms with Crippen molar-refractivity contribution in [2.75, 3.05) is 12.8 Å². The molecule has 0 aliphatic carbocycles. The van der Waals surface area contributed by atoms with Crippen molar-refractivity contribution in [2.45, 2.75) is 13.8 Å². The van der Waals surface area contributed by atoms with E-state index in [0.29, 0.717) is 22.7 Å². The maximum atomic E-state index is 11.5. The van der Waals surface area contributed by atoms with Crippen molar-refractivity contribution in [1.29, 1.82) is 0 Å². The number of nitrogens with one attached hydrogen (secondary N) is 1. The Labute approximate surface area is 134 Å². The fourth-order valence-electron chi connectivity index (χ4n) is 1.68. The number of fused-ring (bicyclic) bond motifs is 1. The Bertz CT molecular complexity index is 787. The van der Waals surface area contributed by atoms with Crippen molar-refractivity contribution in [3.63, 3.8) is 0 Å². The molecule has 0 radical (unpaired) electrons. The van der Waals surface area contributed by atoms with E-state index in [9.17, 15) is 4.79 Å². The lowest BCUT2D eigenvalue weighted by molar-refractivity contribution is 0.486. The molecule has 7 heteroatoms. The molecule has 2 heterocycles. The summed E-state index contributed by atoms with van der Waals surface area (Å²) in [5.41, 5.74) is 10.3. The lowest BCUT2D eigenvalue weighted by Crippen LogP contribution is -2.14. The first-order valence-electron chi connectivity index (χ1n) is 7.19. The number of ether oxygens (including phenoxy) is 1. The van der Waals surface area contributed by atoms with Gasteiger partial charge in [-0.1, -0.05) is 32.0 Å². The summed E-state index contributed by atoms with van der Waals surface area (Å²) in [5.74, 6) is 1.02. The summed E-state index contributed by atoms with van der Waals surface area (Å²) in [7, 11) is 1.50. The standard InChI is InChI=1S/C13H10N4O2.C2H6.CH5N/c14-11-13(18)16-10-9(6-7-15-12(10)17-11)19-8-4-2-1-3-5-8;2*1-2/h1-7H,(H,16,18)(H2,14,15,17);1-2H3;2H2,1H3. The van der Waals surface area contributed by atoms with E-state index in [0.717, 1.165) is 0 Å². The first-order valence-corrected chi connectivity index (χ1v) is 7.19. The summed E-state index contributed by atoms with van der Waals surface area (Å²) in [4.78, 5) is 22.1. The Morgan fingerprint density at radius 1 is 1.09 bits per heavy atom. The molecular formula is C16H21N5O2. The Kier molecular flexibility index (Phi) is 7.22. The number of rotatable bonds is 2. The highest BCUT2D eigenvalue weighted by Gasteiger charge is 2.08. The molecule has 0 amide bonds. The van der Waals surface area contributed by atoms with Crippen LogP contribution in [0.25, 0.3) is 11.2 Å². The molecule has 0 atom stereocenters. The molecule has 0 spiro atoms. The van der Waals surface area contributed by atoms with Gasteiger partial charge in [0.15, 0.2) is 17.2 Å². The van der Waals surface area contributed by atoms with Gasteiger partial charge in [-0.3, -0.25) is 4.79 Å². The normalized spacial score (nSPS) is 9.22. The number of anilines is 1. The number of hydrogen-bond acceptors (Lipinski definition) is 6. The predicted molar refractivity (Wildman–Crippen MR) is 92.5 cm³/mol. The minimum Gasteiger partial charge on any atom is -0.455 e. The Morgan fingerprint density at radius 2 is 1.74 bits per heavy atom. The van der Waals surface area contributed by atoms with E-state index in [1.54, 1.807) is 12.3 Å². The molecule has 1 aromatic carbocycles. The molecule has 0 saturated heterocycles. The van der Waals surface area contributed by atoms with Crippen LogP contribution in [0.5, 0.6) is 11.5 Å². The van der Waals surface area contributed by atoms with Gasteiger partial charge in [-0.2, -0.15) is 0 Å². The van der Waals surface area contributed by atoms with Crippen LogP contribution in [0, 0.1) is 0 Å². The second-order valence-corrected chi connectivity index (χ2v) is 3.87. The monoisotopic (exact) mass is 315 g/mol. The third-order valence-electron chi connectivity index (χ3n) is 2.56. The molecule has 2 aromatic heterocycles. The molecule has 0 bridgehead atoms.